The SMILES string of the molecule is Cc1[nH]c2c(C(N)=O)c(F)c(F)c(C3CCCC(NC(=O)OC(C)(C)C)C3)c2c1Br. The van der Waals surface area contributed by atoms with Crippen molar-refractivity contribution in [2.75, 3.05) is 0 Å². The number of fused-ring (bicyclic) bond motifs is 1. The van der Waals surface area contributed by atoms with Gasteiger partial charge in [-0.1, -0.05) is 6.42 Å². The fourth-order valence-corrected chi connectivity index (χ4v) is 4.67. The third-order valence-corrected chi connectivity index (χ3v) is 6.32. The lowest BCUT2D eigenvalue weighted by Crippen LogP contribution is -2.41. The quantitative estimate of drug-likeness (QED) is 0.559. The van der Waals surface area contributed by atoms with Crippen molar-refractivity contribution in [2.24, 2.45) is 5.73 Å². The maximum Gasteiger partial charge on any atom is 0.407 e. The van der Waals surface area contributed by atoms with Crippen molar-refractivity contribution in [3.63, 3.8) is 0 Å². The highest BCUT2D eigenvalue weighted by atomic mass is 79.9. The average molecular weight is 486 g/mol. The van der Waals surface area contributed by atoms with Crippen LogP contribution in [0.25, 0.3) is 10.9 Å². The topological polar surface area (TPSA) is 97.2 Å². The molecule has 1 saturated carbocycles. The summed E-state index contributed by atoms with van der Waals surface area (Å²) in [4.78, 5) is 26.9. The number of ether oxygens (including phenoxy) is 1. The zero-order valence-corrected chi connectivity index (χ0v) is 19.0. The number of aromatic nitrogens is 1. The summed E-state index contributed by atoms with van der Waals surface area (Å²) in [6, 6.07) is -0.231. The van der Waals surface area contributed by atoms with Crippen molar-refractivity contribution in [1.82, 2.24) is 10.3 Å². The smallest absolute Gasteiger partial charge is 0.407 e. The summed E-state index contributed by atoms with van der Waals surface area (Å²) in [6.45, 7) is 7.06. The third kappa shape index (κ3) is 4.31. The average Bonchev–Trinajstić information content (AvgIpc) is 2.89. The lowest BCUT2D eigenvalue weighted by atomic mass is 9.79. The molecule has 0 saturated heterocycles. The fourth-order valence-electron chi connectivity index (χ4n) is 4.16. The predicted molar refractivity (Wildman–Crippen MR) is 114 cm³/mol. The number of carbonyl (C=O) groups is 2. The number of hydrogen-bond donors (Lipinski definition) is 3. The van der Waals surface area contributed by atoms with Crippen LogP contribution >= 0.6 is 15.9 Å². The normalized spacial score (nSPS) is 19.7. The first-order chi connectivity index (χ1) is 13.9. The number of nitrogens with one attached hydrogen (secondary N) is 2. The predicted octanol–water partition coefficient (Wildman–Crippen LogP) is 5.17. The summed E-state index contributed by atoms with van der Waals surface area (Å²) in [6.07, 6.45) is 1.97. The number of alkyl carbamates (subject to hydrolysis) is 1. The lowest BCUT2D eigenvalue weighted by molar-refractivity contribution is 0.0490. The molecule has 30 heavy (non-hydrogen) atoms. The Labute approximate surface area is 182 Å². The van der Waals surface area contributed by atoms with E-state index in [0.717, 1.165) is 12.8 Å². The van der Waals surface area contributed by atoms with Gasteiger partial charge in [0.05, 0.1) is 5.52 Å². The van der Waals surface area contributed by atoms with Gasteiger partial charge in [0, 0.05) is 27.2 Å². The number of carbonyl (C=O) groups excluding carboxylic acids is 2. The van der Waals surface area contributed by atoms with Crippen LogP contribution in [0.1, 0.15) is 74.0 Å². The number of H-pyrrole nitrogens is 1. The van der Waals surface area contributed by atoms with E-state index in [9.17, 15) is 14.0 Å². The summed E-state index contributed by atoms with van der Waals surface area (Å²) in [5.41, 5.74) is 5.22. The van der Waals surface area contributed by atoms with Gasteiger partial charge in [0.1, 0.15) is 11.2 Å². The number of nitrogens with two attached hydrogens (primary N) is 1. The van der Waals surface area contributed by atoms with E-state index in [1.54, 1.807) is 27.7 Å². The highest BCUT2D eigenvalue weighted by Gasteiger charge is 2.34. The molecule has 2 atom stereocenters. The molecule has 6 nitrogen and oxygen atoms in total. The molecule has 1 aromatic heterocycles. The number of hydrogen-bond acceptors (Lipinski definition) is 3. The first kappa shape index (κ1) is 22.5. The number of aromatic amines is 1. The van der Waals surface area contributed by atoms with Gasteiger partial charge in [0.25, 0.3) is 5.91 Å². The summed E-state index contributed by atoms with van der Waals surface area (Å²) in [5.74, 6) is -3.70. The van der Waals surface area contributed by atoms with Gasteiger partial charge in [0.15, 0.2) is 11.6 Å². The molecule has 0 radical (unpaired) electrons. The zero-order chi connectivity index (χ0) is 22.4. The monoisotopic (exact) mass is 485 g/mol. The largest absolute Gasteiger partial charge is 0.444 e. The van der Waals surface area contributed by atoms with Crippen LogP contribution in [0, 0.1) is 18.6 Å². The summed E-state index contributed by atoms with van der Waals surface area (Å²) in [5, 5.41) is 3.26. The van der Waals surface area contributed by atoms with E-state index in [2.05, 4.69) is 26.2 Å². The molecule has 0 aliphatic heterocycles. The molecule has 1 aromatic carbocycles. The molecular formula is C21H26BrF2N3O3. The molecule has 2 amide bonds. The van der Waals surface area contributed by atoms with Crippen LogP contribution in [0.3, 0.4) is 0 Å². The van der Waals surface area contributed by atoms with E-state index in [1.807, 2.05) is 0 Å². The highest BCUT2D eigenvalue weighted by molar-refractivity contribution is 9.10. The summed E-state index contributed by atoms with van der Waals surface area (Å²) in [7, 11) is 0. The van der Waals surface area contributed by atoms with Crippen molar-refractivity contribution in [3.8, 4) is 0 Å². The van der Waals surface area contributed by atoms with Crippen molar-refractivity contribution in [1.29, 1.82) is 0 Å². The summed E-state index contributed by atoms with van der Waals surface area (Å²) < 4.78 is 35.9. The number of amides is 2. The Balaban J connectivity index is 2.00. The van der Waals surface area contributed by atoms with Crippen LogP contribution in [0.15, 0.2) is 4.47 Å². The molecular weight excluding hydrogens is 460 g/mol. The summed E-state index contributed by atoms with van der Waals surface area (Å²) >= 11 is 3.44. The van der Waals surface area contributed by atoms with E-state index >= 15 is 4.39 Å². The van der Waals surface area contributed by atoms with Gasteiger partial charge in [0.2, 0.25) is 0 Å². The fraction of sp³-hybridized carbons (Fsp3) is 0.524. The molecule has 4 N–H and O–H groups in total. The Bertz CT molecular complexity index is 1010. The Morgan fingerprint density at radius 2 is 1.90 bits per heavy atom. The van der Waals surface area contributed by atoms with Crippen LogP contribution in [0.4, 0.5) is 13.6 Å². The van der Waals surface area contributed by atoms with Crippen LogP contribution in [0.2, 0.25) is 0 Å². The first-order valence-corrected chi connectivity index (χ1v) is 10.7. The van der Waals surface area contributed by atoms with E-state index < -0.39 is 34.8 Å². The molecule has 1 heterocycles. The molecule has 1 aliphatic rings. The molecule has 164 valence electrons. The standard InChI is InChI=1S/C21H26BrF2N3O3/c1-9-15(22)13-12(16(23)17(24)14(19(25)28)18(13)26-9)10-6-5-7-11(8-10)27-20(29)30-21(2,3)4/h10-11,26H,5-8H2,1-4H3,(H2,25,28)(H,27,29). The number of halogens is 3. The molecule has 9 heteroatoms. The highest BCUT2D eigenvalue weighted by Crippen LogP contribution is 2.43. The van der Waals surface area contributed by atoms with E-state index in [4.69, 9.17) is 10.5 Å². The Kier molecular flexibility index (Phi) is 6.13. The minimum Gasteiger partial charge on any atom is -0.444 e. The van der Waals surface area contributed by atoms with Crippen LogP contribution in [0.5, 0.6) is 0 Å². The number of rotatable bonds is 3. The van der Waals surface area contributed by atoms with Crippen LogP contribution in [-0.4, -0.2) is 28.6 Å². The van der Waals surface area contributed by atoms with Crippen LogP contribution in [-0.2, 0) is 4.74 Å². The van der Waals surface area contributed by atoms with Crippen molar-refractivity contribution in [2.45, 2.75) is 70.9 Å². The van der Waals surface area contributed by atoms with E-state index in [0.29, 0.717) is 28.4 Å². The second-order valence-electron chi connectivity index (χ2n) is 8.80. The van der Waals surface area contributed by atoms with E-state index in [1.165, 1.54) is 0 Å². The van der Waals surface area contributed by atoms with Crippen molar-refractivity contribution >= 4 is 38.8 Å². The molecule has 2 unspecified atom stereocenters. The van der Waals surface area contributed by atoms with Gasteiger partial charge in [-0.05, 0) is 68.8 Å². The second-order valence-corrected chi connectivity index (χ2v) is 9.59. The molecule has 0 bridgehead atoms. The minimum atomic E-state index is -1.25. The Hall–Kier alpha value is -2.16. The van der Waals surface area contributed by atoms with E-state index in [-0.39, 0.29) is 23.0 Å². The van der Waals surface area contributed by atoms with Gasteiger partial charge < -0.3 is 20.8 Å². The number of benzene rings is 1. The van der Waals surface area contributed by atoms with Gasteiger partial charge >= 0.3 is 6.09 Å². The van der Waals surface area contributed by atoms with Gasteiger partial charge in [-0.25, -0.2) is 13.6 Å². The Morgan fingerprint density at radius 1 is 1.23 bits per heavy atom. The first-order valence-electron chi connectivity index (χ1n) is 9.88. The zero-order valence-electron chi connectivity index (χ0n) is 17.4. The molecule has 3 rings (SSSR count). The number of primary amides is 1. The van der Waals surface area contributed by atoms with Crippen molar-refractivity contribution < 1.29 is 23.1 Å². The maximum absolute atomic E-state index is 15.2. The van der Waals surface area contributed by atoms with Crippen LogP contribution < -0.4 is 11.1 Å². The second kappa shape index (κ2) is 8.17. The number of aryl methyl sites for hydroxylation is 1. The minimum absolute atomic E-state index is 0.183. The van der Waals surface area contributed by atoms with Gasteiger partial charge in [-0.3, -0.25) is 4.79 Å². The van der Waals surface area contributed by atoms with Gasteiger partial charge in [-0.15, -0.1) is 0 Å². The molecule has 1 fully saturated rings. The Morgan fingerprint density at radius 3 is 2.50 bits per heavy atom. The molecule has 1 aliphatic carbocycles. The van der Waals surface area contributed by atoms with Gasteiger partial charge in [-0.2, -0.15) is 0 Å². The third-order valence-electron chi connectivity index (χ3n) is 5.33. The maximum atomic E-state index is 15.2. The molecule has 2 aromatic rings. The lowest BCUT2D eigenvalue weighted by Gasteiger charge is -2.31. The van der Waals surface area contributed by atoms with Crippen molar-refractivity contribution in [3.05, 3.63) is 32.9 Å². The molecule has 0 spiro atoms.